The first-order valence-electron chi connectivity index (χ1n) is 9.48. The number of sulfonamides is 1. The van der Waals surface area contributed by atoms with Gasteiger partial charge in [0.25, 0.3) is 0 Å². The number of fused-ring (bicyclic) bond motifs is 1. The van der Waals surface area contributed by atoms with Crippen LogP contribution < -0.4 is 4.87 Å². The predicted molar refractivity (Wildman–Crippen MR) is 120 cm³/mol. The van der Waals surface area contributed by atoms with Gasteiger partial charge in [-0.1, -0.05) is 47.2 Å². The summed E-state index contributed by atoms with van der Waals surface area (Å²) in [5.74, 6) is 0.479. The molecule has 0 spiro atoms. The van der Waals surface area contributed by atoms with Crippen LogP contribution in [0.25, 0.3) is 21.6 Å². The molecule has 0 radical (unpaired) electrons. The lowest BCUT2D eigenvalue weighted by molar-refractivity contribution is 0.337. The molecule has 2 aromatic heterocycles. The van der Waals surface area contributed by atoms with Gasteiger partial charge in [-0.25, -0.2) is 8.42 Å². The molecule has 0 amide bonds. The van der Waals surface area contributed by atoms with E-state index in [-0.39, 0.29) is 22.2 Å². The Hall–Kier alpha value is -2.53. The molecule has 8 nitrogen and oxygen atoms in total. The molecular weight excluding hydrogens is 460 g/mol. The molecule has 0 fully saturated rings. The van der Waals surface area contributed by atoms with Crippen LogP contribution in [0.4, 0.5) is 0 Å². The predicted octanol–water partition coefficient (Wildman–Crippen LogP) is 4.00. The summed E-state index contributed by atoms with van der Waals surface area (Å²) in [6.45, 7) is 2.48. The van der Waals surface area contributed by atoms with Gasteiger partial charge in [0.2, 0.25) is 21.7 Å². The molecule has 0 saturated carbocycles. The van der Waals surface area contributed by atoms with E-state index in [0.29, 0.717) is 27.7 Å². The minimum Gasteiger partial charge on any atom is -0.338 e. The zero-order valence-corrected chi connectivity index (χ0v) is 19.2. The number of rotatable bonds is 7. The van der Waals surface area contributed by atoms with Crippen LogP contribution in [0.3, 0.4) is 0 Å². The Balaban J connectivity index is 1.58. The van der Waals surface area contributed by atoms with Gasteiger partial charge in [-0.05, 0) is 36.8 Å². The minimum absolute atomic E-state index is 0.0962. The molecule has 0 unspecified atom stereocenters. The van der Waals surface area contributed by atoms with Gasteiger partial charge in [-0.3, -0.25) is 9.36 Å². The summed E-state index contributed by atoms with van der Waals surface area (Å²) in [7, 11) is -2.39. The molecule has 0 aliphatic carbocycles. The second-order valence-electron chi connectivity index (χ2n) is 6.93. The molecule has 2 heterocycles. The highest BCUT2D eigenvalue weighted by molar-refractivity contribution is 7.89. The fourth-order valence-electron chi connectivity index (χ4n) is 3.16. The van der Waals surface area contributed by atoms with Crippen LogP contribution >= 0.6 is 22.9 Å². The maximum absolute atomic E-state index is 13.1. The first kappa shape index (κ1) is 21.7. The van der Waals surface area contributed by atoms with Crippen LogP contribution in [0, 0.1) is 0 Å². The topological polar surface area (TPSA) is 98.3 Å². The van der Waals surface area contributed by atoms with E-state index in [0.717, 1.165) is 27.6 Å². The van der Waals surface area contributed by atoms with Crippen LogP contribution in [-0.4, -0.2) is 34.5 Å². The Kier molecular flexibility index (Phi) is 5.98. The van der Waals surface area contributed by atoms with Crippen molar-refractivity contribution in [3.05, 3.63) is 63.0 Å². The summed E-state index contributed by atoms with van der Waals surface area (Å²) in [4.78, 5) is 16.5. The molecular formula is C20H19ClN4O4S2. The van der Waals surface area contributed by atoms with E-state index in [2.05, 4.69) is 10.1 Å². The van der Waals surface area contributed by atoms with Crippen molar-refractivity contribution in [2.75, 3.05) is 7.05 Å². The van der Waals surface area contributed by atoms with Crippen LogP contribution in [0.5, 0.6) is 0 Å². The fraction of sp³-hybridized carbons (Fsp3) is 0.250. The number of thiazole rings is 1. The van der Waals surface area contributed by atoms with E-state index in [4.69, 9.17) is 16.1 Å². The molecule has 162 valence electrons. The third-order valence-corrected chi connectivity index (χ3v) is 7.68. The summed E-state index contributed by atoms with van der Waals surface area (Å²) in [5.41, 5.74) is 1.41. The Morgan fingerprint density at radius 2 is 2.03 bits per heavy atom. The Bertz CT molecular complexity index is 1410. The zero-order chi connectivity index (χ0) is 22.2. The number of hydrogen-bond donors (Lipinski definition) is 0. The molecule has 0 aliphatic rings. The molecule has 0 saturated heterocycles. The van der Waals surface area contributed by atoms with Crippen molar-refractivity contribution in [3.63, 3.8) is 0 Å². The number of hydrogen-bond acceptors (Lipinski definition) is 7. The van der Waals surface area contributed by atoms with Crippen LogP contribution in [0.2, 0.25) is 5.02 Å². The highest BCUT2D eigenvalue weighted by Gasteiger charge is 2.24. The Morgan fingerprint density at radius 1 is 1.23 bits per heavy atom. The molecule has 4 rings (SSSR count). The minimum atomic E-state index is -3.83. The lowest BCUT2D eigenvalue weighted by atomic mass is 10.2. The van der Waals surface area contributed by atoms with Crippen LogP contribution in [0.15, 0.2) is 56.7 Å². The lowest BCUT2D eigenvalue weighted by Gasteiger charge is -2.15. The standard InChI is InChI=1S/C20H19ClN4O4S2/c1-3-9-25-16-8-7-15(11-17(16)30-20(25)26)31(27,28)24(2)12-18-22-19(23-29-18)13-5-4-6-14(21)10-13/h4-8,10-11H,3,9,12H2,1-2H3. The molecule has 2 aromatic carbocycles. The van der Waals surface area contributed by atoms with Crippen LogP contribution in [0.1, 0.15) is 19.2 Å². The first-order chi connectivity index (χ1) is 14.8. The molecule has 0 N–H and O–H groups in total. The van der Waals surface area contributed by atoms with Crippen molar-refractivity contribution in [3.8, 4) is 11.4 Å². The van der Waals surface area contributed by atoms with Crippen molar-refractivity contribution >= 4 is 43.2 Å². The quantitative estimate of drug-likeness (QED) is 0.398. The largest absolute Gasteiger partial charge is 0.338 e. The van der Waals surface area contributed by atoms with Gasteiger partial charge in [-0.15, -0.1) is 0 Å². The van der Waals surface area contributed by atoms with E-state index >= 15 is 0 Å². The van der Waals surface area contributed by atoms with Gasteiger partial charge < -0.3 is 4.52 Å². The Morgan fingerprint density at radius 3 is 2.77 bits per heavy atom. The molecule has 0 aliphatic heterocycles. The zero-order valence-electron chi connectivity index (χ0n) is 16.8. The normalized spacial score (nSPS) is 12.1. The average Bonchev–Trinajstić information content (AvgIpc) is 3.32. The number of aromatic nitrogens is 3. The van der Waals surface area contributed by atoms with Crippen molar-refractivity contribution in [1.29, 1.82) is 0 Å². The van der Waals surface area contributed by atoms with Crippen molar-refractivity contribution in [2.45, 2.75) is 31.3 Å². The number of benzene rings is 2. The molecule has 11 heteroatoms. The van der Waals surface area contributed by atoms with E-state index in [1.165, 1.54) is 19.2 Å². The third kappa shape index (κ3) is 4.29. The van der Waals surface area contributed by atoms with Crippen LogP contribution in [-0.2, 0) is 23.1 Å². The maximum atomic E-state index is 13.1. The fourth-order valence-corrected chi connectivity index (χ4v) is 5.53. The lowest BCUT2D eigenvalue weighted by Crippen LogP contribution is -2.26. The summed E-state index contributed by atoms with van der Waals surface area (Å²) >= 11 is 7.03. The van der Waals surface area contributed by atoms with Gasteiger partial charge in [0.1, 0.15) is 0 Å². The number of nitrogens with zero attached hydrogens (tertiary/aromatic N) is 4. The molecule has 4 aromatic rings. The molecule has 0 bridgehead atoms. The number of halogens is 1. The average molecular weight is 479 g/mol. The van der Waals surface area contributed by atoms with Crippen molar-refractivity contribution in [1.82, 2.24) is 19.0 Å². The third-order valence-electron chi connectivity index (χ3n) is 4.70. The van der Waals surface area contributed by atoms with E-state index in [9.17, 15) is 13.2 Å². The number of aryl methyl sites for hydroxylation is 1. The van der Waals surface area contributed by atoms with Gasteiger partial charge in [0, 0.05) is 24.2 Å². The molecule has 0 atom stereocenters. The second-order valence-corrected chi connectivity index (χ2v) is 10.4. The van der Waals surface area contributed by atoms with Gasteiger partial charge in [-0.2, -0.15) is 9.29 Å². The monoisotopic (exact) mass is 478 g/mol. The maximum Gasteiger partial charge on any atom is 0.308 e. The summed E-state index contributed by atoms with van der Waals surface area (Å²) in [5, 5.41) is 4.44. The highest BCUT2D eigenvalue weighted by atomic mass is 35.5. The Labute approximate surface area is 187 Å². The second kappa shape index (κ2) is 8.54. The van der Waals surface area contributed by atoms with Crippen molar-refractivity contribution in [2.24, 2.45) is 0 Å². The van der Waals surface area contributed by atoms with Gasteiger partial charge in [0.05, 0.1) is 21.7 Å². The van der Waals surface area contributed by atoms with Crippen molar-refractivity contribution < 1.29 is 12.9 Å². The summed E-state index contributed by atoms with van der Waals surface area (Å²) < 4.78 is 34.8. The van der Waals surface area contributed by atoms with E-state index in [1.54, 1.807) is 34.9 Å². The summed E-state index contributed by atoms with van der Waals surface area (Å²) in [6.07, 6.45) is 0.815. The SMILES string of the molecule is CCCn1c(=O)sc2cc(S(=O)(=O)N(C)Cc3nc(-c4cccc(Cl)c4)no3)ccc21. The van der Waals surface area contributed by atoms with E-state index in [1.807, 2.05) is 6.92 Å². The first-order valence-corrected chi connectivity index (χ1v) is 12.1. The van der Waals surface area contributed by atoms with Gasteiger partial charge >= 0.3 is 4.87 Å². The summed E-state index contributed by atoms with van der Waals surface area (Å²) in [6, 6.07) is 11.7. The van der Waals surface area contributed by atoms with Gasteiger partial charge in [0.15, 0.2) is 0 Å². The smallest absolute Gasteiger partial charge is 0.308 e. The molecule has 31 heavy (non-hydrogen) atoms. The highest BCUT2D eigenvalue weighted by Crippen LogP contribution is 2.25. The van der Waals surface area contributed by atoms with E-state index < -0.39 is 10.0 Å².